The number of hydrogen-bond acceptors (Lipinski definition) is 4. The molecular weight excluding hydrogens is 398 g/mol. The molecule has 0 N–H and O–H groups in total. The summed E-state index contributed by atoms with van der Waals surface area (Å²) < 4.78 is 35.4. The molecule has 2 aromatic carbocycles. The zero-order chi connectivity index (χ0) is 20.9. The lowest BCUT2D eigenvalue weighted by Gasteiger charge is -2.41. The van der Waals surface area contributed by atoms with Crippen LogP contribution in [0.5, 0.6) is 0 Å². The van der Waals surface area contributed by atoms with E-state index in [0.29, 0.717) is 26.2 Å². The summed E-state index contributed by atoms with van der Waals surface area (Å²) in [5.41, 5.74) is 5.24. The van der Waals surface area contributed by atoms with E-state index in [1.807, 2.05) is 13.8 Å². The van der Waals surface area contributed by atoms with Crippen molar-refractivity contribution in [1.82, 2.24) is 13.5 Å². The summed E-state index contributed by atoms with van der Waals surface area (Å²) in [5, 5.41) is 0. The number of nitrogens with zero attached hydrogens (tertiary/aromatic N) is 3. The van der Waals surface area contributed by atoms with Crippen LogP contribution in [0.15, 0.2) is 48.5 Å². The van der Waals surface area contributed by atoms with Crippen molar-refractivity contribution in [2.75, 3.05) is 39.3 Å². The predicted molar refractivity (Wildman–Crippen MR) is 117 cm³/mol. The first kappa shape index (κ1) is 20.2. The molecule has 30 heavy (non-hydrogen) atoms. The number of hydrogen-bond donors (Lipinski definition) is 0. The van der Waals surface area contributed by atoms with Gasteiger partial charge in [0.2, 0.25) is 0 Å². The molecule has 5 rings (SSSR count). The van der Waals surface area contributed by atoms with E-state index in [4.69, 9.17) is 4.74 Å². The van der Waals surface area contributed by atoms with Gasteiger partial charge in [-0.05, 0) is 36.1 Å². The lowest BCUT2D eigenvalue weighted by Crippen LogP contribution is -2.57. The Hall–Kier alpha value is -1.77. The maximum atomic E-state index is 13.2. The highest BCUT2D eigenvalue weighted by molar-refractivity contribution is 7.86. The van der Waals surface area contributed by atoms with Crippen LogP contribution in [0.2, 0.25) is 0 Å². The third kappa shape index (κ3) is 3.39. The number of rotatable bonds is 3. The molecule has 0 bridgehead atoms. The van der Waals surface area contributed by atoms with Crippen LogP contribution in [0.3, 0.4) is 0 Å². The molecule has 2 saturated heterocycles. The van der Waals surface area contributed by atoms with Crippen molar-refractivity contribution in [1.29, 1.82) is 0 Å². The molecule has 2 unspecified atom stereocenters. The lowest BCUT2D eigenvalue weighted by molar-refractivity contribution is -0.0458. The molecule has 2 aromatic rings. The van der Waals surface area contributed by atoms with Gasteiger partial charge < -0.3 is 4.74 Å². The number of fused-ring (bicyclic) bond motifs is 3. The fraction of sp³-hybridized carbons (Fsp3) is 0.478. The molecule has 3 aliphatic rings. The van der Waals surface area contributed by atoms with Gasteiger partial charge in [-0.2, -0.15) is 17.0 Å². The zero-order valence-corrected chi connectivity index (χ0v) is 18.4. The molecule has 2 atom stereocenters. The van der Waals surface area contributed by atoms with Gasteiger partial charge >= 0.3 is 0 Å². The molecule has 0 spiro atoms. The Kier molecular flexibility index (Phi) is 5.19. The molecule has 0 amide bonds. The Morgan fingerprint density at radius 3 is 1.80 bits per heavy atom. The van der Waals surface area contributed by atoms with Gasteiger partial charge in [0.05, 0.1) is 18.2 Å². The Labute approximate surface area is 179 Å². The molecule has 0 radical (unpaired) electrons. The highest BCUT2D eigenvalue weighted by Gasteiger charge is 2.39. The van der Waals surface area contributed by atoms with Crippen molar-refractivity contribution in [3.8, 4) is 11.1 Å². The Balaban J connectivity index is 1.34. The minimum atomic E-state index is -3.46. The molecule has 160 valence electrons. The zero-order valence-electron chi connectivity index (χ0n) is 17.6. The van der Waals surface area contributed by atoms with E-state index in [1.54, 1.807) is 8.61 Å². The predicted octanol–water partition coefficient (Wildman–Crippen LogP) is 2.73. The minimum Gasteiger partial charge on any atom is -0.373 e. The fourth-order valence-electron chi connectivity index (χ4n) is 5.20. The lowest BCUT2D eigenvalue weighted by atomic mass is 10.0. The van der Waals surface area contributed by atoms with E-state index in [2.05, 4.69) is 53.4 Å². The van der Waals surface area contributed by atoms with E-state index in [9.17, 15) is 8.42 Å². The number of morpholine rings is 1. The van der Waals surface area contributed by atoms with Crippen LogP contribution in [-0.2, 0) is 14.9 Å². The van der Waals surface area contributed by atoms with E-state index in [1.165, 1.54) is 22.3 Å². The van der Waals surface area contributed by atoms with Crippen LogP contribution < -0.4 is 0 Å². The topological polar surface area (TPSA) is 53.1 Å². The SMILES string of the molecule is CC1CN(S(=O)(=O)N2CCN(C3c4ccccc4-c4ccccc43)CC2)CC(C)O1. The largest absolute Gasteiger partial charge is 0.373 e. The van der Waals surface area contributed by atoms with Gasteiger partial charge in [0.1, 0.15) is 0 Å². The second kappa shape index (κ2) is 7.73. The number of piperazine rings is 1. The summed E-state index contributed by atoms with van der Waals surface area (Å²) in [7, 11) is -3.46. The van der Waals surface area contributed by atoms with Gasteiger partial charge in [0, 0.05) is 39.3 Å². The highest BCUT2D eigenvalue weighted by Crippen LogP contribution is 2.46. The van der Waals surface area contributed by atoms with Crippen LogP contribution in [0.25, 0.3) is 11.1 Å². The molecule has 0 saturated carbocycles. The van der Waals surface area contributed by atoms with E-state index in [-0.39, 0.29) is 18.2 Å². The molecule has 7 heteroatoms. The van der Waals surface area contributed by atoms with Crippen molar-refractivity contribution in [3.63, 3.8) is 0 Å². The molecule has 2 fully saturated rings. The average molecular weight is 428 g/mol. The summed E-state index contributed by atoms with van der Waals surface area (Å²) in [6, 6.07) is 17.4. The minimum absolute atomic E-state index is 0.0729. The molecule has 2 heterocycles. The summed E-state index contributed by atoms with van der Waals surface area (Å²) in [4.78, 5) is 2.43. The maximum absolute atomic E-state index is 13.2. The van der Waals surface area contributed by atoms with Crippen molar-refractivity contribution in [2.45, 2.75) is 32.1 Å². The van der Waals surface area contributed by atoms with Gasteiger partial charge in [0.15, 0.2) is 0 Å². The summed E-state index contributed by atoms with van der Waals surface area (Å²) in [6.07, 6.45) is -0.146. The van der Waals surface area contributed by atoms with Crippen LogP contribution in [0, 0.1) is 0 Å². The van der Waals surface area contributed by atoms with Crippen LogP contribution >= 0.6 is 0 Å². The summed E-state index contributed by atoms with van der Waals surface area (Å²) in [5.74, 6) is 0. The quantitative estimate of drug-likeness (QED) is 0.756. The first-order valence-electron chi connectivity index (χ1n) is 10.8. The van der Waals surface area contributed by atoms with Crippen molar-refractivity contribution in [3.05, 3.63) is 59.7 Å². The van der Waals surface area contributed by atoms with Crippen molar-refractivity contribution in [2.24, 2.45) is 0 Å². The van der Waals surface area contributed by atoms with Gasteiger partial charge in [-0.1, -0.05) is 48.5 Å². The van der Waals surface area contributed by atoms with Crippen molar-refractivity contribution < 1.29 is 13.2 Å². The van der Waals surface area contributed by atoms with Gasteiger partial charge in [-0.15, -0.1) is 0 Å². The Bertz CT molecular complexity index is 978. The first-order valence-corrected chi connectivity index (χ1v) is 12.2. The number of ether oxygens (including phenoxy) is 1. The molecule has 1 aliphatic carbocycles. The van der Waals surface area contributed by atoms with Crippen LogP contribution in [0.1, 0.15) is 31.0 Å². The third-order valence-electron chi connectivity index (χ3n) is 6.48. The summed E-state index contributed by atoms with van der Waals surface area (Å²) in [6.45, 7) is 7.21. The highest BCUT2D eigenvalue weighted by atomic mass is 32.2. The van der Waals surface area contributed by atoms with Crippen molar-refractivity contribution >= 4 is 10.2 Å². The molecule has 2 aliphatic heterocycles. The van der Waals surface area contributed by atoms with E-state index < -0.39 is 10.2 Å². The smallest absolute Gasteiger partial charge is 0.282 e. The standard InChI is InChI=1S/C23H29N3O3S/c1-17-15-26(16-18(2)29-17)30(27,28)25-13-11-24(12-14-25)23-21-9-5-3-7-19(21)20-8-4-6-10-22(20)23/h3-10,17-18,23H,11-16H2,1-2H3. The second-order valence-electron chi connectivity index (χ2n) is 8.59. The normalized spacial score (nSPS) is 26.5. The number of benzene rings is 2. The van der Waals surface area contributed by atoms with Gasteiger partial charge in [-0.3, -0.25) is 4.90 Å². The third-order valence-corrected chi connectivity index (χ3v) is 8.45. The first-order chi connectivity index (χ1) is 14.4. The fourth-order valence-corrected chi connectivity index (χ4v) is 6.95. The maximum Gasteiger partial charge on any atom is 0.282 e. The second-order valence-corrected chi connectivity index (χ2v) is 10.5. The van der Waals surface area contributed by atoms with E-state index in [0.717, 1.165) is 13.1 Å². The molecule has 0 aromatic heterocycles. The van der Waals surface area contributed by atoms with Gasteiger partial charge in [0.25, 0.3) is 10.2 Å². The summed E-state index contributed by atoms with van der Waals surface area (Å²) >= 11 is 0. The molecular formula is C23H29N3O3S. The Morgan fingerprint density at radius 2 is 1.27 bits per heavy atom. The Morgan fingerprint density at radius 1 is 0.767 bits per heavy atom. The monoisotopic (exact) mass is 427 g/mol. The molecule has 6 nitrogen and oxygen atoms in total. The van der Waals surface area contributed by atoms with Crippen LogP contribution in [-0.4, -0.2) is 73.4 Å². The van der Waals surface area contributed by atoms with Gasteiger partial charge in [-0.25, -0.2) is 0 Å². The van der Waals surface area contributed by atoms with E-state index >= 15 is 0 Å². The van der Waals surface area contributed by atoms with Crippen LogP contribution in [0.4, 0.5) is 0 Å². The average Bonchev–Trinajstić information content (AvgIpc) is 3.08.